The van der Waals surface area contributed by atoms with Crippen LogP contribution in [0.4, 0.5) is 4.39 Å². The van der Waals surface area contributed by atoms with Gasteiger partial charge in [-0.3, -0.25) is 9.59 Å². The van der Waals surface area contributed by atoms with E-state index in [1.807, 2.05) is 12.2 Å². The molecule has 2 aromatic carbocycles. The lowest BCUT2D eigenvalue weighted by atomic mass is 9.85. The summed E-state index contributed by atoms with van der Waals surface area (Å²) in [4.78, 5) is 25.0. The van der Waals surface area contributed by atoms with Crippen LogP contribution in [0.2, 0.25) is 0 Å². The summed E-state index contributed by atoms with van der Waals surface area (Å²) in [5, 5.41) is 2.93. The van der Waals surface area contributed by atoms with E-state index in [-0.39, 0.29) is 17.9 Å². The number of carbonyl (C=O) groups excluding carboxylic acids is 2. The number of para-hydroxylation sites is 1. The highest BCUT2D eigenvalue weighted by atomic mass is 19.1. The number of esters is 1. The third-order valence-corrected chi connectivity index (χ3v) is 4.91. The van der Waals surface area contributed by atoms with Crippen LogP contribution in [-0.2, 0) is 9.53 Å². The first-order valence-corrected chi connectivity index (χ1v) is 8.99. The quantitative estimate of drug-likeness (QED) is 0.613. The molecule has 0 bridgehead atoms. The van der Waals surface area contributed by atoms with Gasteiger partial charge in [-0.1, -0.05) is 42.5 Å². The molecule has 0 saturated heterocycles. The van der Waals surface area contributed by atoms with Crippen LogP contribution in [0, 0.1) is 11.7 Å². The molecular formula is C22H22FNO4. The molecule has 146 valence electrons. The molecule has 6 heteroatoms. The van der Waals surface area contributed by atoms with Crippen molar-refractivity contribution in [1.82, 2.24) is 5.32 Å². The lowest BCUT2D eigenvalue weighted by Gasteiger charge is -2.22. The second-order valence-corrected chi connectivity index (χ2v) is 6.59. The van der Waals surface area contributed by atoms with Gasteiger partial charge in [-0.2, -0.15) is 0 Å². The van der Waals surface area contributed by atoms with Gasteiger partial charge in [0.15, 0.2) is 0 Å². The molecule has 3 rings (SSSR count). The molecule has 28 heavy (non-hydrogen) atoms. The second-order valence-electron chi connectivity index (χ2n) is 6.59. The van der Waals surface area contributed by atoms with Gasteiger partial charge in [0.05, 0.1) is 25.7 Å². The average Bonchev–Trinajstić information content (AvgIpc) is 3.17. The molecule has 1 amide bonds. The summed E-state index contributed by atoms with van der Waals surface area (Å²) in [5.41, 5.74) is 0.723. The minimum absolute atomic E-state index is 0.270. The Hall–Kier alpha value is -3.15. The first-order valence-electron chi connectivity index (χ1n) is 8.99. The summed E-state index contributed by atoms with van der Waals surface area (Å²) in [7, 11) is 2.79. The summed E-state index contributed by atoms with van der Waals surface area (Å²) < 4.78 is 24.4. The van der Waals surface area contributed by atoms with Gasteiger partial charge < -0.3 is 14.8 Å². The van der Waals surface area contributed by atoms with E-state index in [2.05, 4.69) is 5.32 Å². The van der Waals surface area contributed by atoms with Crippen LogP contribution in [0.5, 0.6) is 5.75 Å². The van der Waals surface area contributed by atoms with Crippen LogP contribution in [0.15, 0.2) is 60.7 Å². The number of hydrogen-bond donors (Lipinski definition) is 1. The summed E-state index contributed by atoms with van der Waals surface area (Å²) >= 11 is 0. The van der Waals surface area contributed by atoms with Crippen LogP contribution < -0.4 is 10.1 Å². The average molecular weight is 383 g/mol. The van der Waals surface area contributed by atoms with Crippen LogP contribution >= 0.6 is 0 Å². The molecule has 0 spiro atoms. The van der Waals surface area contributed by atoms with Gasteiger partial charge in [-0.05, 0) is 30.5 Å². The van der Waals surface area contributed by atoms with Gasteiger partial charge in [0, 0.05) is 11.6 Å². The first-order chi connectivity index (χ1) is 13.5. The number of ether oxygens (including phenoxy) is 2. The Balaban J connectivity index is 1.75. The molecule has 0 unspecified atom stereocenters. The first kappa shape index (κ1) is 19.6. The fraction of sp³-hybridized carbons (Fsp3) is 0.273. The zero-order valence-electron chi connectivity index (χ0n) is 15.7. The summed E-state index contributed by atoms with van der Waals surface area (Å²) in [6, 6.07) is 12.8. The van der Waals surface area contributed by atoms with E-state index in [1.54, 1.807) is 42.5 Å². The monoisotopic (exact) mass is 383 g/mol. The van der Waals surface area contributed by atoms with Gasteiger partial charge in [-0.15, -0.1) is 0 Å². The van der Waals surface area contributed by atoms with Crippen molar-refractivity contribution in [3.05, 3.63) is 77.6 Å². The Morgan fingerprint density at radius 1 is 1.07 bits per heavy atom. The van der Waals surface area contributed by atoms with Gasteiger partial charge in [-0.25, -0.2) is 4.39 Å². The fourth-order valence-electron chi connectivity index (χ4n) is 3.55. The highest BCUT2D eigenvalue weighted by molar-refractivity contribution is 5.97. The van der Waals surface area contributed by atoms with Crippen molar-refractivity contribution in [1.29, 1.82) is 0 Å². The van der Waals surface area contributed by atoms with Gasteiger partial charge in [0.25, 0.3) is 5.91 Å². The fourth-order valence-corrected chi connectivity index (χ4v) is 3.55. The zero-order chi connectivity index (χ0) is 20.1. The maximum Gasteiger partial charge on any atom is 0.313 e. The number of allylic oxidation sites excluding steroid dienone is 1. The normalized spacial score (nSPS) is 19.1. The Bertz CT molecular complexity index is 896. The van der Waals surface area contributed by atoms with E-state index in [4.69, 9.17) is 9.47 Å². The van der Waals surface area contributed by atoms with Crippen molar-refractivity contribution in [3.8, 4) is 5.75 Å². The summed E-state index contributed by atoms with van der Waals surface area (Å²) in [5.74, 6) is -1.79. The number of benzene rings is 2. The Morgan fingerprint density at radius 2 is 1.79 bits per heavy atom. The summed E-state index contributed by atoms with van der Waals surface area (Å²) in [6.07, 6.45) is 4.13. The largest absolute Gasteiger partial charge is 0.496 e. The van der Waals surface area contributed by atoms with Crippen molar-refractivity contribution < 1.29 is 23.5 Å². The maximum atomic E-state index is 14.3. The smallest absolute Gasteiger partial charge is 0.313 e. The van der Waals surface area contributed by atoms with Gasteiger partial charge in [0.2, 0.25) is 0 Å². The van der Waals surface area contributed by atoms with Crippen LogP contribution in [-0.4, -0.2) is 32.1 Å². The van der Waals surface area contributed by atoms with E-state index in [1.165, 1.54) is 20.3 Å². The molecule has 0 radical (unpaired) electrons. The molecule has 0 aliphatic heterocycles. The number of amides is 1. The third kappa shape index (κ3) is 4.06. The number of nitrogens with one attached hydrogen (secondary N) is 1. The summed E-state index contributed by atoms with van der Waals surface area (Å²) in [6.45, 7) is 0. The second kappa shape index (κ2) is 8.69. The Morgan fingerprint density at radius 3 is 2.50 bits per heavy atom. The Kier molecular flexibility index (Phi) is 6.09. The molecule has 3 atom stereocenters. The van der Waals surface area contributed by atoms with Crippen molar-refractivity contribution in [2.45, 2.75) is 18.4 Å². The van der Waals surface area contributed by atoms with E-state index in [9.17, 15) is 14.0 Å². The lowest BCUT2D eigenvalue weighted by molar-refractivity contribution is -0.143. The van der Waals surface area contributed by atoms with Crippen molar-refractivity contribution >= 4 is 11.9 Å². The standard InChI is InChI=1S/C22H22FNO4/c1-27-19-10-6-4-8-17(19)21(25)24-15-12-11-14(13-15)20(22(26)28-2)16-7-3-5-9-18(16)23/h3-12,14-15,20H,13H2,1-2H3,(H,24,25)/t14-,15-,20+/m1/s1. The molecule has 0 saturated carbocycles. The van der Waals surface area contributed by atoms with E-state index < -0.39 is 17.7 Å². The van der Waals surface area contributed by atoms with Crippen molar-refractivity contribution in [3.63, 3.8) is 0 Å². The highest BCUT2D eigenvalue weighted by Gasteiger charge is 2.35. The molecule has 2 aromatic rings. The molecule has 1 N–H and O–H groups in total. The van der Waals surface area contributed by atoms with Crippen molar-refractivity contribution in [2.75, 3.05) is 14.2 Å². The van der Waals surface area contributed by atoms with Crippen molar-refractivity contribution in [2.24, 2.45) is 5.92 Å². The maximum absolute atomic E-state index is 14.3. The lowest BCUT2D eigenvalue weighted by Crippen LogP contribution is -2.34. The van der Waals surface area contributed by atoms with E-state index in [0.29, 0.717) is 23.3 Å². The molecule has 1 aliphatic rings. The van der Waals surface area contributed by atoms with Crippen LogP contribution in [0.25, 0.3) is 0 Å². The van der Waals surface area contributed by atoms with E-state index in [0.717, 1.165) is 0 Å². The molecule has 0 fully saturated rings. The molecule has 0 heterocycles. The predicted molar refractivity (Wildman–Crippen MR) is 103 cm³/mol. The van der Waals surface area contributed by atoms with Crippen LogP contribution in [0.1, 0.15) is 28.3 Å². The Labute approximate surface area is 163 Å². The SMILES string of the molecule is COC(=O)[C@H](c1ccccc1F)[C@@H]1C=C[C@@H](NC(=O)c2ccccc2OC)C1. The number of methoxy groups -OCH3 is 2. The molecular weight excluding hydrogens is 361 g/mol. The molecule has 5 nitrogen and oxygen atoms in total. The molecule has 1 aliphatic carbocycles. The predicted octanol–water partition coefficient (Wildman–Crippen LogP) is 3.47. The number of halogens is 1. The minimum Gasteiger partial charge on any atom is -0.496 e. The minimum atomic E-state index is -0.768. The molecule has 0 aromatic heterocycles. The van der Waals surface area contributed by atoms with Gasteiger partial charge >= 0.3 is 5.97 Å². The topological polar surface area (TPSA) is 64.6 Å². The number of hydrogen-bond acceptors (Lipinski definition) is 4. The number of rotatable bonds is 6. The van der Waals surface area contributed by atoms with Gasteiger partial charge in [0.1, 0.15) is 11.6 Å². The third-order valence-electron chi connectivity index (χ3n) is 4.91. The highest BCUT2D eigenvalue weighted by Crippen LogP contribution is 2.35. The number of carbonyl (C=O) groups is 2. The van der Waals surface area contributed by atoms with E-state index >= 15 is 0 Å². The van der Waals surface area contributed by atoms with Crippen LogP contribution in [0.3, 0.4) is 0 Å². The zero-order valence-corrected chi connectivity index (χ0v) is 15.7.